The van der Waals surface area contributed by atoms with Crippen LogP contribution in [0, 0.1) is 20.8 Å². The zero-order valence-electron chi connectivity index (χ0n) is 11.1. The number of nitrogens with two attached hydrogens (primary N) is 1. The normalized spacial score (nSPS) is 14.3. The number of carboxylic acids is 1. The third-order valence-corrected chi connectivity index (χ3v) is 3.13. The molecule has 0 aliphatic carbocycles. The molecule has 0 aromatic heterocycles. The van der Waals surface area contributed by atoms with E-state index >= 15 is 0 Å². The molecule has 100 valence electrons. The molecule has 1 aromatic carbocycles. The number of benzene rings is 1. The Morgan fingerprint density at radius 3 is 2.22 bits per heavy atom. The second-order valence-electron chi connectivity index (χ2n) is 4.85. The molecule has 0 aliphatic rings. The molecule has 0 spiro atoms. The van der Waals surface area contributed by atoms with Crippen LogP contribution in [0.1, 0.15) is 41.2 Å². The smallest absolute Gasteiger partial charge is 0.303 e. The van der Waals surface area contributed by atoms with Crippen LogP contribution in [0.25, 0.3) is 0 Å². The molecule has 4 N–H and O–H groups in total. The molecular formula is C14H21NO3. The maximum absolute atomic E-state index is 10.5. The van der Waals surface area contributed by atoms with E-state index in [1.165, 1.54) is 0 Å². The number of carboxylic acid groups (broad SMARTS) is 1. The topological polar surface area (TPSA) is 83.5 Å². The number of hydrogen-bond acceptors (Lipinski definition) is 3. The molecule has 2 atom stereocenters. The van der Waals surface area contributed by atoms with Crippen molar-refractivity contribution in [3.63, 3.8) is 0 Å². The van der Waals surface area contributed by atoms with Crippen LogP contribution < -0.4 is 5.73 Å². The first-order valence-electron chi connectivity index (χ1n) is 6.06. The Kier molecular flexibility index (Phi) is 4.87. The lowest BCUT2D eigenvalue weighted by molar-refractivity contribution is -0.137. The van der Waals surface area contributed by atoms with Gasteiger partial charge in [-0.1, -0.05) is 17.7 Å². The van der Waals surface area contributed by atoms with Crippen LogP contribution in [-0.4, -0.2) is 22.2 Å². The molecule has 0 amide bonds. The Hall–Kier alpha value is -1.39. The van der Waals surface area contributed by atoms with Gasteiger partial charge in [-0.25, -0.2) is 0 Å². The van der Waals surface area contributed by atoms with Crippen molar-refractivity contribution in [2.45, 2.75) is 45.8 Å². The van der Waals surface area contributed by atoms with Gasteiger partial charge in [0.25, 0.3) is 0 Å². The number of aliphatic carboxylic acids is 1. The molecule has 0 radical (unpaired) electrons. The van der Waals surface area contributed by atoms with Crippen molar-refractivity contribution in [2.24, 2.45) is 5.73 Å². The third-order valence-electron chi connectivity index (χ3n) is 3.13. The Bertz CT molecular complexity index is 420. The maximum Gasteiger partial charge on any atom is 0.303 e. The van der Waals surface area contributed by atoms with Gasteiger partial charge in [-0.15, -0.1) is 0 Å². The summed E-state index contributed by atoms with van der Waals surface area (Å²) in [4.78, 5) is 10.5. The molecule has 0 bridgehead atoms. The Morgan fingerprint density at radius 1 is 1.28 bits per heavy atom. The van der Waals surface area contributed by atoms with E-state index in [2.05, 4.69) is 0 Å². The molecule has 0 saturated carbocycles. The van der Waals surface area contributed by atoms with Gasteiger partial charge in [-0.3, -0.25) is 4.79 Å². The second kappa shape index (κ2) is 5.98. The summed E-state index contributed by atoms with van der Waals surface area (Å²) in [6.07, 6.45) is -0.573. The van der Waals surface area contributed by atoms with Crippen molar-refractivity contribution in [2.75, 3.05) is 0 Å². The molecule has 4 heteroatoms. The summed E-state index contributed by atoms with van der Waals surface area (Å²) in [5.74, 6) is -0.894. The predicted molar refractivity (Wildman–Crippen MR) is 70.5 cm³/mol. The van der Waals surface area contributed by atoms with Gasteiger partial charge in [0, 0.05) is 12.5 Å². The molecule has 0 saturated heterocycles. The zero-order chi connectivity index (χ0) is 13.9. The molecule has 0 aliphatic heterocycles. The molecule has 18 heavy (non-hydrogen) atoms. The zero-order valence-corrected chi connectivity index (χ0v) is 11.1. The van der Waals surface area contributed by atoms with E-state index in [0.717, 1.165) is 22.3 Å². The van der Waals surface area contributed by atoms with E-state index in [9.17, 15) is 9.90 Å². The van der Waals surface area contributed by atoms with Gasteiger partial charge in [0.2, 0.25) is 0 Å². The van der Waals surface area contributed by atoms with Crippen molar-refractivity contribution in [3.8, 4) is 0 Å². The average Bonchev–Trinajstić information content (AvgIpc) is 2.24. The van der Waals surface area contributed by atoms with Crippen molar-refractivity contribution < 1.29 is 15.0 Å². The number of carbonyl (C=O) groups is 1. The largest absolute Gasteiger partial charge is 0.481 e. The Morgan fingerprint density at radius 2 is 1.78 bits per heavy atom. The van der Waals surface area contributed by atoms with E-state index in [-0.39, 0.29) is 12.8 Å². The minimum atomic E-state index is -0.894. The van der Waals surface area contributed by atoms with Gasteiger partial charge in [0.15, 0.2) is 0 Å². The van der Waals surface area contributed by atoms with Gasteiger partial charge in [0.1, 0.15) is 0 Å². The first-order valence-corrected chi connectivity index (χ1v) is 6.06. The van der Waals surface area contributed by atoms with Gasteiger partial charge < -0.3 is 15.9 Å². The lowest BCUT2D eigenvalue weighted by Crippen LogP contribution is -2.30. The first kappa shape index (κ1) is 14.7. The molecule has 1 rings (SSSR count). The van der Waals surface area contributed by atoms with E-state index in [1.807, 2.05) is 32.9 Å². The first-order chi connectivity index (χ1) is 8.32. The summed E-state index contributed by atoms with van der Waals surface area (Å²) in [5, 5.41) is 18.9. The summed E-state index contributed by atoms with van der Waals surface area (Å²) < 4.78 is 0. The molecular weight excluding hydrogens is 230 g/mol. The highest BCUT2D eigenvalue weighted by molar-refractivity contribution is 5.66. The van der Waals surface area contributed by atoms with E-state index < -0.39 is 18.1 Å². The lowest BCUT2D eigenvalue weighted by atomic mass is 9.91. The standard InChI is InChI=1S/C14H21NO3/c1-8-6-9(2)13(10(3)7-8)14(18)11(15)4-5-12(16)17/h6-7,11,14,18H,4-5,15H2,1-3H3,(H,16,17). The minimum Gasteiger partial charge on any atom is -0.481 e. The molecule has 1 aromatic rings. The average molecular weight is 251 g/mol. The molecule has 0 heterocycles. The monoisotopic (exact) mass is 251 g/mol. The van der Waals surface area contributed by atoms with E-state index in [0.29, 0.717) is 0 Å². The summed E-state index contributed by atoms with van der Waals surface area (Å²) in [6, 6.07) is 3.44. The number of aryl methyl sites for hydroxylation is 3. The summed E-state index contributed by atoms with van der Waals surface area (Å²) in [6.45, 7) is 5.87. The quantitative estimate of drug-likeness (QED) is 0.745. The third kappa shape index (κ3) is 3.55. The number of hydrogen-bond donors (Lipinski definition) is 3. The van der Waals surface area contributed by atoms with Crippen LogP contribution in [0.2, 0.25) is 0 Å². The van der Waals surface area contributed by atoms with Crippen LogP contribution in [-0.2, 0) is 4.79 Å². The molecule has 2 unspecified atom stereocenters. The molecule has 0 fully saturated rings. The van der Waals surface area contributed by atoms with Gasteiger partial charge in [-0.05, 0) is 43.9 Å². The summed E-state index contributed by atoms with van der Waals surface area (Å²) >= 11 is 0. The van der Waals surface area contributed by atoms with Gasteiger partial charge in [0.05, 0.1) is 6.10 Å². The number of rotatable bonds is 5. The second-order valence-corrected chi connectivity index (χ2v) is 4.85. The van der Waals surface area contributed by atoms with Crippen LogP contribution in [0.15, 0.2) is 12.1 Å². The maximum atomic E-state index is 10.5. The summed E-state index contributed by atoms with van der Waals surface area (Å²) in [7, 11) is 0. The highest BCUT2D eigenvalue weighted by Crippen LogP contribution is 2.26. The SMILES string of the molecule is Cc1cc(C)c(C(O)C(N)CCC(=O)O)c(C)c1. The van der Waals surface area contributed by atoms with Crippen molar-refractivity contribution in [1.82, 2.24) is 0 Å². The van der Waals surface area contributed by atoms with Crippen LogP contribution in [0.3, 0.4) is 0 Å². The highest BCUT2D eigenvalue weighted by Gasteiger charge is 2.21. The highest BCUT2D eigenvalue weighted by atomic mass is 16.4. The van der Waals surface area contributed by atoms with Crippen LogP contribution in [0.5, 0.6) is 0 Å². The Balaban J connectivity index is 2.89. The number of aliphatic hydroxyl groups excluding tert-OH is 1. The number of aliphatic hydroxyl groups is 1. The molecule has 4 nitrogen and oxygen atoms in total. The van der Waals surface area contributed by atoms with Crippen molar-refractivity contribution >= 4 is 5.97 Å². The predicted octanol–water partition coefficient (Wildman–Crippen LogP) is 1.84. The van der Waals surface area contributed by atoms with E-state index in [4.69, 9.17) is 10.8 Å². The van der Waals surface area contributed by atoms with Crippen molar-refractivity contribution in [3.05, 3.63) is 34.4 Å². The Labute approximate surface area is 107 Å². The summed E-state index contributed by atoms with van der Waals surface area (Å²) in [5.41, 5.74) is 9.80. The van der Waals surface area contributed by atoms with Crippen molar-refractivity contribution in [1.29, 1.82) is 0 Å². The van der Waals surface area contributed by atoms with Gasteiger partial charge >= 0.3 is 5.97 Å². The van der Waals surface area contributed by atoms with E-state index in [1.54, 1.807) is 0 Å². The lowest BCUT2D eigenvalue weighted by Gasteiger charge is -2.22. The minimum absolute atomic E-state index is 0.0256. The van der Waals surface area contributed by atoms with Crippen LogP contribution in [0.4, 0.5) is 0 Å². The fraction of sp³-hybridized carbons (Fsp3) is 0.500. The van der Waals surface area contributed by atoms with Crippen LogP contribution >= 0.6 is 0 Å². The van der Waals surface area contributed by atoms with Gasteiger partial charge in [-0.2, -0.15) is 0 Å². The fourth-order valence-corrected chi connectivity index (χ4v) is 2.32. The fourth-order valence-electron chi connectivity index (χ4n) is 2.32.